The number of primary amides is 1. The monoisotopic (exact) mass is 346 g/mol. The van der Waals surface area contributed by atoms with Gasteiger partial charge in [0.05, 0.1) is 5.56 Å². The van der Waals surface area contributed by atoms with Crippen molar-refractivity contribution in [2.75, 3.05) is 0 Å². The zero-order valence-electron chi connectivity index (χ0n) is 15.0. The minimum Gasteiger partial charge on any atom is -0.366 e. The van der Waals surface area contributed by atoms with Crippen LogP contribution in [0.3, 0.4) is 0 Å². The lowest BCUT2D eigenvalue weighted by Gasteiger charge is -2.17. The van der Waals surface area contributed by atoms with E-state index in [-0.39, 0.29) is 11.9 Å². The lowest BCUT2D eigenvalue weighted by molar-refractivity contribution is 0.1000. The molecular weight excluding hydrogens is 320 g/mol. The number of nitrogens with two attached hydrogens (primary N) is 1. The van der Waals surface area contributed by atoms with Gasteiger partial charge in [-0.25, -0.2) is 0 Å². The molecule has 0 fully saturated rings. The zero-order valence-corrected chi connectivity index (χ0v) is 15.8. The number of nitrogens with zero attached hydrogens (tertiary/aromatic N) is 1. The van der Waals surface area contributed by atoms with Crippen molar-refractivity contribution < 1.29 is 4.79 Å². The quantitative estimate of drug-likeness (QED) is 0.658. The number of hydrogen-bond donors (Lipinski definition) is 1. The molecule has 2 rings (SSSR count). The molecule has 0 bridgehead atoms. The maximum Gasteiger partial charge on any atom is 0.251 e. The van der Waals surface area contributed by atoms with Crippen LogP contribution in [0.2, 0.25) is 5.02 Å². The lowest BCUT2D eigenvalue weighted by atomic mass is 9.97. The number of aromatic nitrogens is 1. The van der Waals surface area contributed by atoms with E-state index < -0.39 is 0 Å². The Morgan fingerprint density at radius 1 is 1.21 bits per heavy atom. The van der Waals surface area contributed by atoms with Crippen molar-refractivity contribution in [1.82, 2.24) is 4.57 Å². The molecule has 2 N–H and O–H groups in total. The number of rotatable bonds is 7. The molecule has 1 aromatic carbocycles. The van der Waals surface area contributed by atoms with Gasteiger partial charge in [-0.15, -0.1) is 0 Å². The normalized spacial score (nSPS) is 11.2. The molecule has 24 heavy (non-hydrogen) atoms. The number of carbonyl (C=O) groups excluding carboxylic acids is 1. The molecule has 0 saturated heterocycles. The summed E-state index contributed by atoms with van der Waals surface area (Å²) >= 11 is 6.03. The first-order valence-electron chi connectivity index (χ1n) is 8.67. The second-order valence-electron chi connectivity index (χ2n) is 6.57. The van der Waals surface area contributed by atoms with Crippen LogP contribution in [0.15, 0.2) is 24.3 Å². The van der Waals surface area contributed by atoms with E-state index in [9.17, 15) is 4.79 Å². The van der Waals surface area contributed by atoms with Crippen LogP contribution in [0, 0.1) is 6.92 Å². The van der Waals surface area contributed by atoms with Gasteiger partial charge in [0.25, 0.3) is 5.91 Å². The van der Waals surface area contributed by atoms with E-state index in [1.165, 1.54) is 18.5 Å². The van der Waals surface area contributed by atoms with E-state index in [1.807, 2.05) is 31.2 Å². The Labute approximate surface area is 149 Å². The topological polar surface area (TPSA) is 48.0 Å². The summed E-state index contributed by atoms with van der Waals surface area (Å²) in [4.78, 5) is 12.2. The number of unbranched alkanes of at least 4 members (excludes halogenated alkanes) is 2. The largest absolute Gasteiger partial charge is 0.366 e. The van der Waals surface area contributed by atoms with Gasteiger partial charge in [-0.2, -0.15) is 0 Å². The zero-order chi connectivity index (χ0) is 17.9. The number of amides is 1. The van der Waals surface area contributed by atoms with E-state index in [4.69, 9.17) is 17.3 Å². The highest BCUT2D eigenvalue weighted by molar-refractivity contribution is 6.30. The Hall–Kier alpha value is -1.74. The SMILES string of the molecule is CCCCCc1c(-c2ccc(Cl)cc2)c(C(N)=O)c(C)n1C(C)C. The average Bonchev–Trinajstić information content (AvgIpc) is 2.81. The summed E-state index contributed by atoms with van der Waals surface area (Å²) in [6.07, 6.45) is 4.39. The molecule has 0 aliphatic heterocycles. The van der Waals surface area contributed by atoms with Gasteiger partial charge in [-0.1, -0.05) is 43.5 Å². The Kier molecular flexibility index (Phi) is 6.11. The van der Waals surface area contributed by atoms with Crippen molar-refractivity contribution in [3.8, 4) is 11.1 Å². The standard InChI is InChI=1S/C20H27ClN2O/c1-5-6-7-8-17-19(15-9-11-16(21)12-10-15)18(20(22)24)14(4)23(17)13(2)3/h9-13H,5-8H2,1-4H3,(H2,22,24). The Morgan fingerprint density at radius 2 is 1.83 bits per heavy atom. The first-order chi connectivity index (χ1) is 11.4. The van der Waals surface area contributed by atoms with E-state index in [0.29, 0.717) is 10.6 Å². The third-order valence-electron chi connectivity index (χ3n) is 4.47. The Balaban J connectivity index is 2.69. The molecule has 0 saturated carbocycles. The highest BCUT2D eigenvalue weighted by atomic mass is 35.5. The molecule has 0 spiro atoms. The van der Waals surface area contributed by atoms with Gasteiger partial charge >= 0.3 is 0 Å². The molecular formula is C20H27ClN2O. The maximum absolute atomic E-state index is 12.2. The molecule has 130 valence electrons. The van der Waals surface area contributed by atoms with Crippen LogP contribution in [-0.2, 0) is 6.42 Å². The van der Waals surface area contributed by atoms with Crippen molar-refractivity contribution >= 4 is 17.5 Å². The summed E-state index contributed by atoms with van der Waals surface area (Å²) in [6.45, 7) is 8.48. The van der Waals surface area contributed by atoms with Crippen LogP contribution < -0.4 is 5.73 Å². The summed E-state index contributed by atoms with van der Waals surface area (Å²) in [7, 11) is 0. The van der Waals surface area contributed by atoms with Gasteiger partial charge in [0, 0.05) is 28.0 Å². The Morgan fingerprint density at radius 3 is 2.33 bits per heavy atom. The maximum atomic E-state index is 12.2. The molecule has 0 atom stereocenters. The summed E-state index contributed by atoms with van der Waals surface area (Å²) in [5, 5.41) is 0.687. The molecule has 4 heteroatoms. The summed E-state index contributed by atoms with van der Waals surface area (Å²) in [6, 6.07) is 7.94. The van der Waals surface area contributed by atoms with Crippen LogP contribution in [-0.4, -0.2) is 10.5 Å². The van der Waals surface area contributed by atoms with Crippen LogP contribution in [0.4, 0.5) is 0 Å². The van der Waals surface area contributed by atoms with Gasteiger partial charge in [-0.05, 0) is 51.3 Å². The van der Waals surface area contributed by atoms with Crippen molar-refractivity contribution in [2.24, 2.45) is 5.73 Å². The highest BCUT2D eigenvalue weighted by Crippen LogP contribution is 2.36. The van der Waals surface area contributed by atoms with Gasteiger partial charge in [0.2, 0.25) is 0 Å². The summed E-state index contributed by atoms with van der Waals surface area (Å²) in [5.41, 5.74) is 10.5. The first kappa shape index (κ1) is 18.6. The second kappa shape index (κ2) is 7.89. The van der Waals surface area contributed by atoms with Crippen molar-refractivity contribution in [3.63, 3.8) is 0 Å². The van der Waals surface area contributed by atoms with Crippen molar-refractivity contribution in [1.29, 1.82) is 0 Å². The molecule has 2 aromatic rings. The van der Waals surface area contributed by atoms with E-state index in [2.05, 4.69) is 25.3 Å². The van der Waals surface area contributed by atoms with Crippen molar-refractivity contribution in [2.45, 2.75) is 59.4 Å². The van der Waals surface area contributed by atoms with Gasteiger partial charge in [0.1, 0.15) is 0 Å². The molecule has 0 aliphatic rings. The smallest absolute Gasteiger partial charge is 0.251 e. The fourth-order valence-corrected chi connectivity index (χ4v) is 3.61. The fraction of sp³-hybridized carbons (Fsp3) is 0.450. The number of carbonyl (C=O) groups is 1. The summed E-state index contributed by atoms with van der Waals surface area (Å²) < 4.78 is 2.26. The van der Waals surface area contributed by atoms with E-state index in [0.717, 1.165) is 29.7 Å². The van der Waals surface area contributed by atoms with E-state index >= 15 is 0 Å². The summed E-state index contributed by atoms with van der Waals surface area (Å²) in [5.74, 6) is -0.367. The Bertz CT molecular complexity index is 714. The highest BCUT2D eigenvalue weighted by Gasteiger charge is 2.25. The average molecular weight is 347 g/mol. The lowest BCUT2D eigenvalue weighted by Crippen LogP contribution is -2.14. The molecule has 1 heterocycles. The van der Waals surface area contributed by atoms with Gasteiger partial charge in [0.15, 0.2) is 0 Å². The third kappa shape index (κ3) is 3.67. The number of halogens is 1. The molecule has 0 unspecified atom stereocenters. The third-order valence-corrected chi connectivity index (χ3v) is 4.72. The van der Waals surface area contributed by atoms with Crippen molar-refractivity contribution in [3.05, 3.63) is 46.2 Å². The predicted molar refractivity (Wildman–Crippen MR) is 102 cm³/mol. The van der Waals surface area contributed by atoms with E-state index in [1.54, 1.807) is 0 Å². The van der Waals surface area contributed by atoms with Crippen LogP contribution in [0.1, 0.15) is 67.8 Å². The van der Waals surface area contributed by atoms with Crippen LogP contribution in [0.25, 0.3) is 11.1 Å². The minimum absolute atomic E-state index is 0.278. The number of hydrogen-bond acceptors (Lipinski definition) is 1. The molecule has 1 aromatic heterocycles. The molecule has 1 amide bonds. The minimum atomic E-state index is -0.367. The molecule has 3 nitrogen and oxygen atoms in total. The first-order valence-corrected chi connectivity index (χ1v) is 9.05. The van der Waals surface area contributed by atoms with Gasteiger partial charge < -0.3 is 10.3 Å². The number of benzene rings is 1. The van der Waals surface area contributed by atoms with Gasteiger partial charge in [-0.3, -0.25) is 4.79 Å². The fourth-order valence-electron chi connectivity index (χ4n) is 3.48. The molecule has 0 aliphatic carbocycles. The second-order valence-corrected chi connectivity index (χ2v) is 7.01. The van der Waals surface area contributed by atoms with Crippen LogP contribution in [0.5, 0.6) is 0 Å². The van der Waals surface area contributed by atoms with Crippen LogP contribution >= 0.6 is 11.6 Å². The predicted octanol–water partition coefficient (Wildman–Crippen LogP) is 5.53. The molecule has 0 radical (unpaired) electrons.